The summed E-state index contributed by atoms with van der Waals surface area (Å²) in [7, 11) is 0. The van der Waals surface area contributed by atoms with Crippen LogP contribution >= 0.6 is 27.5 Å². The van der Waals surface area contributed by atoms with Gasteiger partial charge in [-0.15, -0.1) is 0 Å². The van der Waals surface area contributed by atoms with E-state index in [0.29, 0.717) is 12.4 Å². The normalized spacial score (nSPS) is 14.6. The van der Waals surface area contributed by atoms with E-state index in [0.717, 1.165) is 17.3 Å². The van der Waals surface area contributed by atoms with E-state index in [-0.39, 0.29) is 5.28 Å². The molecule has 0 fully saturated rings. The van der Waals surface area contributed by atoms with E-state index in [1.807, 2.05) is 6.92 Å². The van der Waals surface area contributed by atoms with Crippen LogP contribution < -0.4 is 5.32 Å². The van der Waals surface area contributed by atoms with E-state index < -0.39 is 5.60 Å². The highest BCUT2D eigenvalue weighted by Crippen LogP contribution is 2.21. The van der Waals surface area contributed by atoms with Crippen LogP contribution in [0.25, 0.3) is 0 Å². The van der Waals surface area contributed by atoms with Gasteiger partial charge in [0.2, 0.25) is 5.28 Å². The Morgan fingerprint density at radius 1 is 1.62 bits per heavy atom. The molecule has 2 N–H and O–H groups in total. The Kier molecular flexibility index (Phi) is 4.95. The minimum Gasteiger partial charge on any atom is -0.388 e. The monoisotopic (exact) mass is 307 g/mol. The molecule has 0 amide bonds. The van der Waals surface area contributed by atoms with Crippen molar-refractivity contribution >= 4 is 33.3 Å². The average molecular weight is 309 g/mol. The first-order chi connectivity index (χ1) is 7.44. The Hall–Kier alpha value is -0.390. The van der Waals surface area contributed by atoms with Gasteiger partial charge in [0, 0.05) is 12.7 Å². The lowest BCUT2D eigenvalue weighted by Crippen LogP contribution is -2.33. The third kappa shape index (κ3) is 4.23. The van der Waals surface area contributed by atoms with Gasteiger partial charge < -0.3 is 10.4 Å². The lowest BCUT2D eigenvalue weighted by Gasteiger charge is -2.23. The van der Waals surface area contributed by atoms with E-state index >= 15 is 0 Å². The summed E-state index contributed by atoms with van der Waals surface area (Å²) in [5, 5.41) is 13.2. The molecule has 1 aromatic heterocycles. The van der Waals surface area contributed by atoms with Crippen molar-refractivity contribution in [1.82, 2.24) is 9.97 Å². The molecule has 1 heterocycles. The molecule has 0 aliphatic rings. The number of hydrogen-bond acceptors (Lipinski definition) is 4. The summed E-state index contributed by atoms with van der Waals surface area (Å²) >= 11 is 8.99. The van der Waals surface area contributed by atoms with Gasteiger partial charge in [0.1, 0.15) is 5.82 Å². The number of hydrogen-bond donors (Lipinski definition) is 2. The Morgan fingerprint density at radius 3 is 2.94 bits per heavy atom. The Bertz CT molecular complexity index is 360. The zero-order valence-electron chi connectivity index (χ0n) is 9.30. The third-order valence-electron chi connectivity index (χ3n) is 2.14. The van der Waals surface area contributed by atoms with Crippen molar-refractivity contribution in [2.24, 2.45) is 0 Å². The van der Waals surface area contributed by atoms with Crippen LogP contribution in [0.5, 0.6) is 0 Å². The molecule has 1 atom stereocenters. The highest BCUT2D eigenvalue weighted by molar-refractivity contribution is 9.10. The summed E-state index contributed by atoms with van der Waals surface area (Å²) in [6.07, 6.45) is 3.24. The quantitative estimate of drug-likeness (QED) is 0.821. The summed E-state index contributed by atoms with van der Waals surface area (Å²) in [5.74, 6) is 0.594. The van der Waals surface area contributed by atoms with E-state index in [4.69, 9.17) is 11.6 Å². The molecule has 4 nitrogen and oxygen atoms in total. The van der Waals surface area contributed by atoms with Crippen molar-refractivity contribution in [3.8, 4) is 0 Å². The van der Waals surface area contributed by atoms with Gasteiger partial charge in [-0.1, -0.05) is 13.3 Å². The summed E-state index contributed by atoms with van der Waals surface area (Å²) in [5.41, 5.74) is -0.744. The van der Waals surface area contributed by atoms with Crippen molar-refractivity contribution in [3.63, 3.8) is 0 Å². The van der Waals surface area contributed by atoms with Crippen molar-refractivity contribution in [3.05, 3.63) is 16.0 Å². The minimum atomic E-state index is -0.744. The first kappa shape index (κ1) is 13.7. The van der Waals surface area contributed by atoms with E-state index in [2.05, 4.69) is 31.2 Å². The van der Waals surface area contributed by atoms with Crippen molar-refractivity contribution < 1.29 is 5.11 Å². The van der Waals surface area contributed by atoms with Gasteiger partial charge in [0.05, 0.1) is 10.1 Å². The first-order valence-corrected chi connectivity index (χ1v) is 6.26. The van der Waals surface area contributed by atoms with Crippen LogP contribution in [0, 0.1) is 0 Å². The maximum Gasteiger partial charge on any atom is 0.224 e. The number of rotatable bonds is 5. The summed E-state index contributed by atoms with van der Waals surface area (Å²) in [6, 6.07) is 0. The molecule has 6 heteroatoms. The lowest BCUT2D eigenvalue weighted by atomic mass is 10.0. The predicted molar refractivity (Wildman–Crippen MR) is 68.8 cm³/mol. The molecule has 0 bridgehead atoms. The third-order valence-corrected chi connectivity index (χ3v) is 2.90. The zero-order chi connectivity index (χ0) is 12.2. The standard InChI is InChI=1S/C10H15BrClN3O/c1-3-4-10(2,16)6-14-8-7(11)5-13-9(12)15-8/h5,16H,3-4,6H2,1-2H3,(H,13,14,15). The van der Waals surface area contributed by atoms with Gasteiger partial charge in [-0.3, -0.25) is 0 Å². The number of aromatic nitrogens is 2. The van der Waals surface area contributed by atoms with Gasteiger partial charge in [0.25, 0.3) is 0 Å². The van der Waals surface area contributed by atoms with Crippen molar-refractivity contribution in [1.29, 1.82) is 0 Å². The molecule has 1 aromatic rings. The minimum absolute atomic E-state index is 0.181. The number of halogens is 2. The fourth-order valence-electron chi connectivity index (χ4n) is 1.37. The lowest BCUT2D eigenvalue weighted by molar-refractivity contribution is 0.0636. The topological polar surface area (TPSA) is 58.0 Å². The first-order valence-electron chi connectivity index (χ1n) is 5.09. The molecule has 1 rings (SSSR count). The highest BCUT2D eigenvalue weighted by Gasteiger charge is 2.19. The second-order valence-electron chi connectivity index (χ2n) is 3.94. The molecular weight excluding hydrogens is 293 g/mol. The van der Waals surface area contributed by atoms with Crippen LogP contribution in [0.4, 0.5) is 5.82 Å². The van der Waals surface area contributed by atoms with E-state index in [1.54, 1.807) is 13.1 Å². The SMILES string of the molecule is CCCC(C)(O)CNc1nc(Cl)ncc1Br. The summed E-state index contributed by atoms with van der Waals surface area (Å²) in [6.45, 7) is 4.25. The second-order valence-corrected chi connectivity index (χ2v) is 5.13. The van der Waals surface area contributed by atoms with Gasteiger partial charge >= 0.3 is 0 Å². The highest BCUT2D eigenvalue weighted by atomic mass is 79.9. The Labute approximate surface area is 109 Å². The smallest absolute Gasteiger partial charge is 0.224 e. The molecule has 0 aliphatic heterocycles. The predicted octanol–water partition coefficient (Wildman–Crippen LogP) is 2.86. The second kappa shape index (κ2) is 5.80. The molecule has 0 radical (unpaired) electrons. The summed E-state index contributed by atoms with van der Waals surface area (Å²) in [4.78, 5) is 7.85. The van der Waals surface area contributed by atoms with Gasteiger partial charge in [-0.05, 0) is 40.9 Å². The number of nitrogens with zero attached hydrogens (tertiary/aromatic N) is 2. The molecule has 0 aromatic carbocycles. The fraction of sp³-hybridized carbons (Fsp3) is 0.600. The van der Waals surface area contributed by atoms with Gasteiger partial charge in [-0.2, -0.15) is 4.98 Å². The Morgan fingerprint density at radius 2 is 2.31 bits per heavy atom. The van der Waals surface area contributed by atoms with Crippen LogP contribution in [0.3, 0.4) is 0 Å². The number of aliphatic hydroxyl groups is 1. The average Bonchev–Trinajstić information content (AvgIpc) is 2.19. The molecule has 0 spiro atoms. The van der Waals surface area contributed by atoms with Crippen LogP contribution in [0.1, 0.15) is 26.7 Å². The molecule has 16 heavy (non-hydrogen) atoms. The maximum atomic E-state index is 9.98. The van der Waals surface area contributed by atoms with Gasteiger partial charge in [-0.25, -0.2) is 4.98 Å². The van der Waals surface area contributed by atoms with Crippen molar-refractivity contribution in [2.75, 3.05) is 11.9 Å². The molecule has 90 valence electrons. The zero-order valence-corrected chi connectivity index (χ0v) is 11.6. The van der Waals surface area contributed by atoms with Crippen molar-refractivity contribution in [2.45, 2.75) is 32.3 Å². The molecular formula is C10H15BrClN3O. The summed E-state index contributed by atoms with van der Waals surface area (Å²) < 4.78 is 0.726. The number of anilines is 1. The largest absolute Gasteiger partial charge is 0.388 e. The number of nitrogens with one attached hydrogen (secondary N) is 1. The van der Waals surface area contributed by atoms with E-state index in [9.17, 15) is 5.11 Å². The molecule has 0 saturated heterocycles. The van der Waals surface area contributed by atoms with Gasteiger partial charge in [0.15, 0.2) is 0 Å². The maximum absolute atomic E-state index is 9.98. The Balaban J connectivity index is 2.63. The van der Waals surface area contributed by atoms with Crippen LogP contribution in [-0.2, 0) is 0 Å². The molecule has 0 saturated carbocycles. The fourth-order valence-corrected chi connectivity index (χ4v) is 1.84. The molecule has 1 unspecified atom stereocenters. The molecule has 0 aliphatic carbocycles. The van der Waals surface area contributed by atoms with Crippen LogP contribution in [0.15, 0.2) is 10.7 Å². The van der Waals surface area contributed by atoms with Crippen LogP contribution in [-0.4, -0.2) is 27.2 Å². The van der Waals surface area contributed by atoms with Crippen LogP contribution in [0.2, 0.25) is 5.28 Å². The van der Waals surface area contributed by atoms with E-state index in [1.165, 1.54) is 0 Å².